The van der Waals surface area contributed by atoms with Crippen molar-refractivity contribution in [3.8, 4) is 0 Å². The Balaban J connectivity index is 0.988. The van der Waals surface area contributed by atoms with Gasteiger partial charge in [0.1, 0.15) is 12.0 Å². The van der Waals surface area contributed by atoms with Gasteiger partial charge in [0, 0.05) is 30.4 Å². The molecule has 6 rings (SSSR count). The molecule has 2 aromatic carbocycles. The van der Waals surface area contributed by atoms with Crippen molar-refractivity contribution in [1.29, 1.82) is 0 Å². The molecule has 3 fully saturated rings. The summed E-state index contributed by atoms with van der Waals surface area (Å²) >= 11 is 0. The smallest absolute Gasteiger partial charge is 0.335 e. The first-order valence-electron chi connectivity index (χ1n) is 16.7. The Hall–Kier alpha value is -3.62. The van der Waals surface area contributed by atoms with Crippen LogP contribution >= 0.6 is 0 Å². The fourth-order valence-corrected chi connectivity index (χ4v) is 7.50. The van der Waals surface area contributed by atoms with Crippen molar-refractivity contribution in [3.63, 3.8) is 0 Å². The highest BCUT2D eigenvalue weighted by Gasteiger charge is 2.32. The number of aryl methyl sites for hydroxylation is 2. The van der Waals surface area contributed by atoms with Crippen LogP contribution < -0.4 is 0 Å². The van der Waals surface area contributed by atoms with Gasteiger partial charge >= 0.3 is 5.97 Å². The van der Waals surface area contributed by atoms with Gasteiger partial charge in [-0.1, -0.05) is 42.0 Å². The summed E-state index contributed by atoms with van der Waals surface area (Å²) in [6, 6.07) is 16.6. The number of carbonyl (C=O) groups is 2. The molecule has 2 atom stereocenters. The number of carboxylic acid groups (broad SMARTS) is 1. The number of hydrogen-bond donors (Lipinski definition) is 1. The molecule has 3 aliphatic heterocycles. The Bertz CT molecular complexity index is 1480. The number of hydrogen-bond acceptors (Lipinski definition) is 6. The zero-order chi connectivity index (χ0) is 31.3. The molecule has 8 heteroatoms. The molecule has 0 spiro atoms. The molecule has 4 heterocycles. The number of rotatable bonds is 8. The van der Waals surface area contributed by atoms with Crippen LogP contribution in [0.3, 0.4) is 0 Å². The lowest BCUT2D eigenvalue weighted by atomic mass is 9.87. The predicted octanol–water partition coefficient (Wildman–Crippen LogP) is 6.52. The van der Waals surface area contributed by atoms with Gasteiger partial charge in [-0.05, 0) is 114 Å². The summed E-state index contributed by atoms with van der Waals surface area (Å²) in [6.07, 6.45) is 10.8. The normalized spacial score (nSPS) is 22.0. The second-order valence-electron chi connectivity index (χ2n) is 13.2. The molecule has 3 aromatic rings. The van der Waals surface area contributed by atoms with Crippen molar-refractivity contribution in [2.24, 2.45) is 0 Å². The first-order valence-corrected chi connectivity index (χ1v) is 16.7. The van der Waals surface area contributed by atoms with E-state index in [1.165, 1.54) is 11.1 Å². The summed E-state index contributed by atoms with van der Waals surface area (Å²) in [6.45, 7) is 7.58. The SMILES string of the molecule is Cc1ccc(C2CCC[C@H](CCc3ncnc(C(=O)N4CCC(N5CCC(c6cccc(C(=O)O)c6)CC5)CC4)c3C)O2)cc1. The fourth-order valence-electron chi connectivity index (χ4n) is 7.50. The lowest BCUT2D eigenvalue weighted by molar-refractivity contribution is -0.0547. The molecule has 45 heavy (non-hydrogen) atoms. The predicted molar refractivity (Wildman–Crippen MR) is 174 cm³/mol. The average Bonchev–Trinajstić information content (AvgIpc) is 3.08. The van der Waals surface area contributed by atoms with Gasteiger partial charge in [0.05, 0.1) is 17.8 Å². The van der Waals surface area contributed by atoms with Gasteiger partial charge in [-0.3, -0.25) is 4.79 Å². The van der Waals surface area contributed by atoms with E-state index in [-0.39, 0.29) is 18.1 Å². The molecule has 1 aromatic heterocycles. The lowest BCUT2D eigenvalue weighted by Crippen LogP contribution is -2.49. The second kappa shape index (κ2) is 14.2. The first-order chi connectivity index (χ1) is 21.9. The Morgan fingerprint density at radius 1 is 0.889 bits per heavy atom. The maximum absolute atomic E-state index is 13.6. The van der Waals surface area contributed by atoms with E-state index in [1.807, 2.05) is 24.0 Å². The van der Waals surface area contributed by atoms with E-state index in [0.29, 0.717) is 23.2 Å². The van der Waals surface area contributed by atoms with E-state index < -0.39 is 5.97 Å². The summed E-state index contributed by atoms with van der Waals surface area (Å²) < 4.78 is 6.50. The summed E-state index contributed by atoms with van der Waals surface area (Å²) in [5, 5.41) is 9.35. The zero-order valence-corrected chi connectivity index (χ0v) is 26.7. The number of piperidine rings is 2. The third kappa shape index (κ3) is 7.45. The van der Waals surface area contributed by atoms with Gasteiger partial charge in [-0.2, -0.15) is 0 Å². The van der Waals surface area contributed by atoms with Gasteiger partial charge in [0.2, 0.25) is 0 Å². The molecular weight excluding hydrogens is 564 g/mol. The number of carboxylic acids is 1. The van der Waals surface area contributed by atoms with Gasteiger partial charge in [0.15, 0.2) is 0 Å². The van der Waals surface area contributed by atoms with E-state index >= 15 is 0 Å². The standard InChI is InChI=1S/C37H46N4O4/c1-25-9-11-28(12-10-25)34-8-4-7-32(45-34)13-14-33-26(2)35(39-24-38-33)36(42)41-21-17-31(18-22-41)40-19-15-27(16-20-40)29-5-3-6-30(23-29)37(43)44/h3,5-6,9-12,23-24,27,31-32,34H,4,7-8,13-22H2,1-2H3,(H,43,44)/t32-,34?/m1/s1. The van der Waals surface area contributed by atoms with E-state index in [4.69, 9.17) is 4.74 Å². The molecule has 1 unspecified atom stereocenters. The minimum absolute atomic E-state index is 0.0139. The highest BCUT2D eigenvalue weighted by Crippen LogP contribution is 2.34. The van der Waals surface area contributed by atoms with Crippen LogP contribution in [0.1, 0.15) is 112 Å². The fraction of sp³-hybridized carbons (Fsp3) is 0.514. The van der Waals surface area contributed by atoms with Crippen LogP contribution in [-0.2, 0) is 11.2 Å². The summed E-state index contributed by atoms with van der Waals surface area (Å²) in [7, 11) is 0. The highest BCUT2D eigenvalue weighted by molar-refractivity contribution is 5.93. The minimum Gasteiger partial charge on any atom is -0.478 e. The van der Waals surface area contributed by atoms with E-state index in [1.54, 1.807) is 12.4 Å². The number of aromatic carboxylic acids is 1. The quantitative estimate of drug-likeness (QED) is 0.310. The molecular formula is C37H46N4O4. The maximum atomic E-state index is 13.6. The Morgan fingerprint density at radius 2 is 1.64 bits per heavy atom. The molecule has 3 saturated heterocycles. The molecule has 238 valence electrons. The van der Waals surface area contributed by atoms with Crippen molar-refractivity contribution >= 4 is 11.9 Å². The van der Waals surface area contributed by atoms with E-state index in [2.05, 4.69) is 52.1 Å². The third-order valence-corrected chi connectivity index (χ3v) is 10.3. The van der Waals surface area contributed by atoms with Crippen molar-refractivity contribution in [1.82, 2.24) is 19.8 Å². The number of benzene rings is 2. The molecule has 3 aliphatic rings. The first kappa shape index (κ1) is 31.4. The molecule has 0 radical (unpaired) electrons. The maximum Gasteiger partial charge on any atom is 0.335 e. The van der Waals surface area contributed by atoms with Gasteiger partial charge in [0.25, 0.3) is 5.91 Å². The van der Waals surface area contributed by atoms with Gasteiger partial charge in [-0.25, -0.2) is 14.8 Å². The van der Waals surface area contributed by atoms with Crippen LogP contribution in [-0.4, -0.2) is 75.1 Å². The molecule has 0 aliphatic carbocycles. The number of nitrogens with zero attached hydrogens (tertiary/aromatic N) is 4. The summed E-state index contributed by atoms with van der Waals surface area (Å²) in [5.41, 5.74) is 6.39. The lowest BCUT2D eigenvalue weighted by Gasteiger charge is -2.42. The van der Waals surface area contributed by atoms with Gasteiger partial charge in [-0.15, -0.1) is 0 Å². The zero-order valence-electron chi connectivity index (χ0n) is 26.7. The Labute approximate surface area is 266 Å². The van der Waals surface area contributed by atoms with Crippen LogP contribution in [0.2, 0.25) is 0 Å². The minimum atomic E-state index is -0.870. The van der Waals surface area contributed by atoms with Crippen molar-refractivity contribution in [3.05, 3.63) is 94.1 Å². The molecule has 0 saturated carbocycles. The average molecular weight is 611 g/mol. The Morgan fingerprint density at radius 3 is 2.38 bits per heavy atom. The van der Waals surface area contributed by atoms with Crippen molar-refractivity contribution < 1.29 is 19.4 Å². The van der Waals surface area contributed by atoms with E-state index in [0.717, 1.165) is 101 Å². The molecule has 8 nitrogen and oxygen atoms in total. The largest absolute Gasteiger partial charge is 0.478 e. The number of likely N-dealkylation sites (tertiary alicyclic amines) is 2. The van der Waals surface area contributed by atoms with Crippen LogP contribution in [0.4, 0.5) is 0 Å². The number of aromatic nitrogens is 2. The monoisotopic (exact) mass is 610 g/mol. The molecule has 1 N–H and O–H groups in total. The topological polar surface area (TPSA) is 95.9 Å². The molecule has 0 bridgehead atoms. The van der Waals surface area contributed by atoms with E-state index in [9.17, 15) is 14.7 Å². The van der Waals surface area contributed by atoms with Crippen LogP contribution in [0.25, 0.3) is 0 Å². The number of amides is 1. The summed E-state index contributed by atoms with van der Waals surface area (Å²) in [5.74, 6) is -0.457. The van der Waals surface area contributed by atoms with Crippen LogP contribution in [0.15, 0.2) is 54.9 Å². The van der Waals surface area contributed by atoms with Crippen molar-refractivity contribution in [2.75, 3.05) is 26.2 Å². The third-order valence-electron chi connectivity index (χ3n) is 10.3. The number of ether oxygens (including phenoxy) is 1. The highest BCUT2D eigenvalue weighted by atomic mass is 16.5. The van der Waals surface area contributed by atoms with Crippen LogP contribution in [0.5, 0.6) is 0 Å². The van der Waals surface area contributed by atoms with Crippen molar-refractivity contribution in [2.45, 2.75) is 95.8 Å². The second-order valence-corrected chi connectivity index (χ2v) is 13.2. The Kier molecular flexibility index (Phi) is 9.91. The van der Waals surface area contributed by atoms with Crippen LogP contribution in [0, 0.1) is 13.8 Å². The number of carbonyl (C=O) groups excluding carboxylic acids is 1. The summed E-state index contributed by atoms with van der Waals surface area (Å²) in [4.78, 5) is 38.6. The molecule has 1 amide bonds. The van der Waals surface area contributed by atoms with Gasteiger partial charge < -0.3 is 19.6 Å².